The largest absolute Gasteiger partial charge is 0.326 e. The summed E-state index contributed by atoms with van der Waals surface area (Å²) in [4.78, 5) is 12.1. The van der Waals surface area contributed by atoms with Crippen LogP contribution in [0.5, 0.6) is 0 Å². The van der Waals surface area contributed by atoms with Gasteiger partial charge in [-0.3, -0.25) is 4.79 Å². The maximum atomic E-state index is 12.1. The molecule has 1 aliphatic rings. The fraction of sp³-hybridized carbons (Fsp3) is 0.562. The summed E-state index contributed by atoms with van der Waals surface area (Å²) < 4.78 is 0. The Bertz CT molecular complexity index is 462. The molecule has 2 N–H and O–H groups in total. The first-order chi connectivity index (χ1) is 8.99. The first-order valence-corrected chi connectivity index (χ1v) is 7.09. The zero-order valence-electron chi connectivity index (χ0n) is 12.4. The summed E-state index contributed by atoms with van der Waals surface area (Å²) in [6, 6.07) is 2.53. The molecule has 1 aromatic carbocycles. The molecule has 2 rings (SSSR count). The molecule has 1 heterocycles. The summed E-state index contributed by atoms with van der Waals surface area (Å²) in [5, 5.41) is 6.47. The maximum absolute atomic E-state index is 12.1. The Kier molecular flexibility index (Phi) is 4.25. The molecule has 3 heteroatoms. The van der Waals surface area contributed by atoms with E-state index in [1.165, 1.54) is 28.7 Å². The van der Waals surface area contributed by atoms with Crippen LogP contribution >= 0.6 is 0 Å². The minimum atomic E-state index is 0.121. The summed E-state index contributed by atoms with van der Waals surface area (Å²) in [6.07, 6.45) is 2.86. The lowest BCUT2D eigenvalue weighted by molar-refractivity contribution is -0.116. The molecular formula is C16H24N2O. The van der Waals surface area contributed by atoms with E-state index < -0.39 is 0 Å². The van der Waals surface area contributed by atoms with Crippen LogP contribution in [0.4, 0.5) is 5.69 Å². The molecule has 1 saturated heterocycles. The summed E-state index contributed by atoms with van der Waals surface area (Å²) in [5.41, 5.74) is 5.82. The predicted molar refractivity (Wildman–Crippen MR) is 79.7 cm³/mol. The number of hydrogen-bond acceptors (Lipinski definition) is 2. The molecular weight excluding hydrogens is 236 g/mol. The zero-order valence-corrected chi connectivity index (χ0v) is 12.4. The number of aryl methyl sites for hydroxylation is 2. The second-order valence-corrected chi connectivity index (χ2v) is 5.68. The van der Waals surface area contributed by atoms with Gasteiger partial charge in [-0.2, -0.15) is 0 Å². The Morgan fingerprint density at radius 3 is 2.42 bits per heavy atom. The van der Waals surface area contributed by atoms with Gasteiger partial charge in [0, 0.05) is 18.2 Å². The van der Waals surface area contributed by atoms with Crippen molar-refractivity contribution in [2.24, 2.45) is 0 Å². The van der Waals surface area contributed by atoms with Gasteiger partial charge in [-0.25, -0.2) is 0 Å². The highest BCUT2D eigenvalue weighted by atomic mass is 16.1. The van der Waals surface area contributed by atoms with E-state index in [9.17, 15) is 4.79 Å². The SMILES string of the molecule is Cc1cc(C)c(C)c(NC(=O)CC2CCCN2)c1C. The smallest absolute Gasteiger partial charge is 0.225 e. The average Bonchev–Trinajstić information content (AvgIpc) is 2.85. The lowest BCUT2D eigenvalue weighted by Crippen LogP contribution is -2.28. The van der Waals surface area contributed by atoms with Gasteiger partial charge < -0.3 is 10.6 Å². The van der Waals surface area contributed by atoms with E-state index in [1.54, 1.807) is 0 Å². The highest BCUT2D eigenvalue weighted by Crippen LogP contribution is 2.26. The molecule has 104 valence electrons. The van der Waals surface area contributed by atoms with Gasteiger partial charge in [0.25, 0.3) is 0 Å². The van der Waals surface area contributed by atoms with E-state index in [0.717, 1.165) is 18.7 Å². The molecule has 0 spiro atoms. The van der Waals surface area contributed by atoms with Gasteiger partial charge in [-0.05, 0) is 69.3 Å². The van der Waals surface area contributed by atoms with Crippen molar-refractivity contribution in [3.8, 4) is 0 Å². The molecule has 1 fully saturated rings. The number of rotatable bonds is 3. The van der Waals surface area contributed by atoms with E-state index in [1.807, 2.05) is 0 Å². The van der Waals surface area contributed by atoms with Gasteiger partial charge in [0.2, 0.25) is 5.91 Å². The highest BCUT2D eigenvalue weighted by Gasteiger charge is 2.19. The fourth-order valence-electron chi connectivity index (χ4n) is 2.75. The van der Waals surface area contributed by atoms with Crippen molar-refractivity contribution in [1.29, 1.82) is 0 Å². The van der Waals surface area contributed by atoms with Crippen LogP contribution in [0.2, 0.25) is 0 Å². The van der Waals surface area contributed by atoms with Crippen LogP contribution in [0.25, 0.3) is 0 Å². The van der Waals surface area contributed by atoms with Gasteiger partial charge in [-0.15, -0.1) is 0 Å². The number of anilines is 1. The lowest BCUT2D eigenvalue weighted by atomic mass is 9.98. The van der Waals surface area contributed by atoms with Crippen molar-refractivity contribution in [2.75, 3.05) is 11.9 Å². The normalized spacial score (nSPS) is 18.6. The zero-order chi connectivity index (χ0) is 14.0. The molecule has 0 radical (unpaired) electrons. The molecule has 0 aliphatic carbocycles. The van der Waals surface area contributed by atoms with Crippen LogP contribution in [-0.4, -0.2) is 18.5 Å². The van der Waals surface area contributed by atoms with Crippen LogP contribution in [-0.2, 0) is 4.79 Å². The Hall–Kier alpha value is -1.35. The van der Waals surface area contributed by atoms with Crippen molar-refractivity contribution >= 4 is 11.6 Å². The van der Waals surface area contributed by atoms with Crippen molar-refractivity contribution in [3.63, 3.8) is 0 Å². The van der Waals surface area contributed by atoms with Gasteiger partial charge >= 0.3 is 0 Å². The molecule has 1 unspecified atom stereocenters. The Labute approximate surface area is 115 Å². The molecule has 1 aromatic rings. The van der Waals surface area contributed by atoms with E-state index in [0.29, 0.717) is 12.5 Å². The summed E-state index contributed by atoms with van der Waals surface area (Å²) in [6.45, 7) is 9.38. The van der Waals surface area contributed by atoms with Crippen molar-refractivity contribution in [1.82, 2.24) is 5.32 Å². The molecule has 1 aliphatic heterocycles. The number of carbonyl (C=O) groups excluding carboxylic acids is 1. The van der Waals surface area contributed by atoms with Crippen LogP contribution in [0.1, 0.15) is 41.5 Å². The van der Waals surface area contributed by atoms with Crippen LogP contribution < -0.4 is 10.6 Å². The molecule has 19 heavy (non-hydrogen) atoms. The average molecular weight is 260 g/mol. The van der Waals surface area contributed by atoms with Crippen LogP contribution in [0.15, 0.2) is 6.07 Å². The number of amides is 1. The number of hydrogen-bond donors (Lipinski definition) is 2. The minimum absolute atomic E-state index is 0.121. The van der Waals surface area contributed by atoms with E-state index >= 15 is 0 Å². The van der Waals surface area contributed by atoms with Crippen LogP contribution in [0, 0.1) is 27.7 Å². The second kappa shape index (κ2) is 5.74. The predicted octanol–water partition coefficient (Wildman–Crippen LogP) is 3.00. The van der Waals surface area contributed by atoms with Crippen molar-refractivity contribution in [3.05, 3.63) is 28.3 Å². The topological polar surface area (TPSA) is 41.1 Å². The molecule has 3 nitrogen and oxygen atoms in total. The van der Waals surface area contributed by atoms with E-state index in [-0.39, 0.29) is 5.91 Å². The van der Waals surface area contributed by atoms with Gasteiger partial charge in [0.05, 0.1) is 0 Å². The third-order valence-corrected chi connectivity index (χ3v) is 4.22. The summed E-state index contributed by atoms with van der Waals surface area (Å²) >= 11 is 0. The fourth-order valence-corrected chi connectivity index (χ4v) is 2.75. The quantitative estimate of drug-likeness (QED) is 0.877. The monoisotopic (exact) mass is 260 g/mol. The number of carbonyl (C=O) groups is 1. The van der Waals surface area contributed by atoms with E-state index in [4.69, 9.17) is 0 Å². The Morgan fingerprint density at radius 1 is 1.26 bits per heavy atom. The lowest BCUT2D eigenvalue weighted by Gasteiger charge is -2.17. The van der Waals surface area contributed by atoms with Crippen molar-refractivity contribution in [2.45, 2.75) is 53.0 Å². The third-order valence-electron chi connectivity index (χ3n) is 4.22. The second-order valence-electron chi connectivity index (χ2n) is 5.68. The van der Waals surface area contributed by atoms with Crippen LogP contribution in [0.3, 0.4) is 0 Å². The molecule has 1 amide bonds. The Balaban J connectivity index is 2.11. The standard InChI is InChI=1S/C16H24N2O/c1-10-8-11(2)13(4)16(12(10)3)18-15(19)9-14-6-5-7-17-14/h8,14,17H,5-7,9H2,1-4H3,(H,18,19). The first-order valence-electron chi connectivity index (χ1n) is 7.09. The molecule has 0 bridgehead atoms. The van der Waals surface area contributed by atoms with Gasteiger partial charge in [0.1, 0.15) is 0 Å². The first kappa shape index (κ1) is 14.1. The van der Waals surface area contributed by atoms with Gasteiger partial charge in [0.15, 0.2) is 0 Å². The molecule has 0 aromatic heterocycles. The van der Waals surface area contributed by atoms with Gasteiger partial charge in [-0.1, -0.05) is 6.07 Å². The third kappa shape index (κ3) is 3.16. The van der Waals surface area contributed by atoms with E-state index in [2.05, 4.69) is 44.4 Å². The summed E-state index contributed by atoms with van der Waals surface area (Å²) in [7, 11) is 0. The molecule has 0 saturated carbocycles. The Morgan fingerprint density at radius 2 is 1.89 bits per heavy atom. The molecule has 1 atom stereocenters. The van der Waals surface area contributed by atoms with Crippen molar-refractivity contribution < 1.29 is 4.79 Å². The number of benzene rings is 1. The maximum Gasteiger partial charge on any atom is 0.225 e. The number of nitrogens with one attached hydrogen (secondary N) is 2. The highest BCUT2D eigenvalue weighted by molar-refractivity contribution is 5.93. The summed E-state index contributed by atoms with van der Waals surface area (Å²) in [5.74, 6) is 0.121. The minimum Gasteiger partial charge on any atom is -0.326 e.